The fourth-order valence-electron chi connectivity index (χ4n) is 3.58. The number of hydrogen-bond acceptors (Lipinski definition) is 2. The van der Waals surface area contributed by atoms with Crippen molar-refractivity contribution in [3.63, 3.8) is 0 Å². The zero-order chi connectivity index (χ0) is 11.4. The molecule has 1 aliphatic heterocycles. The van der Waals surface area contributed by atoms with E-state index >= 15 is 0 Å². The molecule has 1 saturated carbocycles. The van der Waals surface area contributed by atoms with Crippen LogP contribution in [0.25, 0.3) is 0 Å². The van der Waals surface area contributed by atoms with Crippen molar-refractivity contribution in [1.82, 2.24) is 4.90 Å². The van der Waals surface area contributed by atoms with E-state index in [1.807, 2.05) is 0 Å². The first-order valence-electron chi connectivity index (χ1n) is 7.27. The maximum atomic E-state index is 5.75. The van der Waals surface area contributed by atoms with E-state index in [1.165, 1.54) is 57.9 Å². The van der Waals surface area contributed by atoms with Crippen LogP contribution in [0.4, 0.5) is 0 Å². The van der Waals surface area contributed by atoms with Crippen molar-refractivity contribution in [2.45, 2.75) is 70.4 Å². The SMILES string of the molecule is CC1CCC(N2CCCCC2CCN)CC1. The van der Waals surface area contributed by atoms with Crippen molar-refractivity contribution in [2.24, 2.45) is 11.7 Å². The Morgan fingerprint density at radius 2 is 1.81 bits per heavy atom. The summed E-state index contributed by atoms with van der Waals surface area (Å²) in [6.45, 7) is 4.61. The van der Waals surface area contributed by atoms with Gasteiger partial charge in [0.2, 0.25) is 0 Å². The average Bonchev–Trinajstić information content (AvgIpc) is 2.32. The smallest absolute Gasteiger partial charge is 0.0110 e. The molecule has 0 spiro atoms. The molecule has 2 nitrogen and oxygen atoms in total. The van der Waals surface area contributed by atoms with Crippen molar-refractivity contribution in [1.29, 1.82) is 0 Å². The van der Waals surface area contributed by atoms with Gasteiger partial charge in [0.25, 0.3) is 0 Å². The average molecular weight is 224 g/mol. The molecule has 0 bridgehead atoms. The number of rotatable bonds is 3. The van der Waals surface area contributed by atoms with Gasteiger partial charge in [-0.3, -0.25) is 4.90 Å². The molecule has 2 N–H and O–H groups in total. The van der Waals surface area contributed by atoms with Crippen LogP contribution >= 0.6 is 0 Å². The molecule has 1 unspecified atom stereocenters. The summed E-state index contributed by atoms with van der Waals surface area (Å²) in [4.78, 5) is 2.81. The van der Waals surface area contributed by atoms with Crippen LogP contribution in [0.3, 0.4) is 0 Å². The van der Waals surface area contributed by atoms with E-state index in [4.69, 9.17) is 5.73 Å². The van der Waals surface area contributed by atoms with Gasteiger partial charge < -0.3 is 5.73 Å². The van der Waals surface area contributed by atoms with Gasteiger partial charge in [0.1, 0.15) is 0 Å². The Kier molecular flexibility index (Phi) is 4.66. The fourth-order valence-corrected chi connectivity index (χ4v) is 3.58. The number of hydrogen-bond donors (Lipinski definition) is 1. The molecule has 2 heteroatoms. The highest BCUT2D eigenvalue weighted by molar-refractivity contribution is 4.85. The number of piperidine rings is 1. The Balaban J connectivity index is 1.89. The number of nitrogens with two attached hydrogens (primary N) is 1. The quantitative estimate of drug-likeness (QED) is 0.798. The largest absolute Gasteiger partial charge is 0.330 e. The monoisotopic (exact) mass is 224 g/mol. The molecule has 1 saturated heterocycles. The Morgan fingerprint density at radius 1 is 1.06 bits per heavy atom. The summed E-state index contributed by atoms with van der Waals surface area (Å²) in [7, 11) is 0. The highest BCUT2D eigenvalue weighted by atomic mass is 15.2. The third kappa shape index (κ3) is 2.98. The first-order valence-corrected chi connectivity index (χ1v) is 7.27. The van der Waals surface area contributed by atoms with Gasteiger partial charge in [-0.2, -0.15) is 0 Å². The fraction of sp³-hybridized carbons (Fsp3) is 1.00. The van der Waals surface area contributed by atoms with Crippen LogP contribution in [-0.2, 0) is 0 Å². The lowest BCUT2D eigenvalue weighted by molar-refractivity contribution is 0.0613. The summed E-state index contributed by atoms with van der Waals surface area (Å²) < 4.78 is 0. The minimum absolute atomic E-state index is 0.803. The van der Waals surface area contributed by atoms with E-state index in [2.05, 4.69) is 11.8 Å². The Hall–Kier alpha value is -0.0800. The molecule has 2 aliphatic rings. The minimum atomic E-state index is 0.803. The lowest BCUT2D eigenvalue weighted by Gasteiger charge is -2.43. The Labute approximate surface area is 101 Å². The summed E-state index contributed by atoms with van der Waals surface area (Å²) in [6.07, 6.45) is 11.2. The molecule has 0 radical (unpaired) electrons. The first-order chi connectivity index (χ1) is 7.81. The van der Waals surface area contributed by atoms with Crippen molar-refractivity contribution in [3.8, 4) is 0 Å². The van der Waals surface area contributed by atoms with Crippen LogP contribution in [0.15, 0.2) is 0 Å². The predicted octanol–water partition coefficient (Wildman–Crippen LogP) is 2.77. The molecule has 0 aromatic carbocycles. The standard InChI is InChI=1S/C14H28N2/c1-12-5-7-14(8-6-12)16-11-3-2-4-13(16)9-10-15/h12-14H,2-11,15H2,1H3. The molecule has 94 valence electrons. The third-order valence-electron chi connectivity index (χ3n) is 4.63. The molecule has 0 amide bonds. The second-order valence-electron chi connectivity index (χ2n) is 5.88. The van der Waals surface area contributed by atoms with E-state index in [0.717, 1.165) is 24.5 Å². The molecule has 2 fully saturated rings. The van der Waals surface area contributed by atoms with Crippen LogP contribution in [0.5, 0.6) is 0 Å². The topological polar surface area (TPSA) is 29.3 Å². The van der Waals surface area contributed by atoms with Gasteiger partial charge in [0, 0.05) is 12.1 Å². The van der Waals surface area contributed by atoms with Crippen LogP contribution in [0.2, 0.25) is 0 Å². The molecule has 16 heavy (non-hydrogen) atoms. The lowest BCUT2D eigenvalue weighted by atomic mass is 9.84. The maximum absolute atomic E-state index is 5.75. The highest BCUT2D eigenvalue weighted by Crippen LogP contribution is 2.31. The van der Waals surface area contributed by atoms with E-state index in [0.29, 0.717) is 0 Å². The molecule has 0 aromatic rings. The summed E-state index contributed by atoms with van der Waals surface area (Å²) in [5, 5.41) is 0. The highest BCUT2D eigenvalue weighted by Gasteiger charge is 2.30. The molecular formula is C14H28N2. The Bertz CT molecular complexity index is 195. The van der Waals surface area contributed by atoms with E-state index in [1.54, 1.807) is 0 Å². The van der Waals surface area contributed by atoms with Gasteiger partial charge in [-0.1, -0.05) is 13.3 Å². The molecule has 1 atom stereocenters. The van der Waals surface area contributed by atoms with Crippen molar-refractivity contribution in [3.05, 3.63) is 0 Å². The Morgan fingerprint density at radius 3 is 2.50 bits per heavy atom. The molecule has 1 aliphatic carbocycles. The van der Waals surface area contributed by atoms with E-state index in [-0.39, 0.29) is 0 Å². The van der Waals surface area contributed by atoms with E-state index in [9.17, 15) is 0 Å². The number of nitrogens with zero attached hydrogens (tertiary/aromatic N) is 1. The van der Waals surface area contributed by atoms with Crippen molar-refractivity contribution < 1.29 is 0 Å². The van der Waals surface area contributed by atoms with Gasteiger partial charge in [-0.15, -0.1) is 0 Å². The number of likely N-dealkylation sites (tertiary alicyclic amines) is 1. The summed E-state index contributed by atoms with van der Waals surface area (Å²) >= 11 is 0. The zero-order valence-corrected chi connectivity index (χ0v) is 10.8. The summed E-state index contributed by atoms with van der Waals surface area (Å²) in [6, 6.07) is 1.69. The maximum Gasteiger partial charge on any atom is 0.0110 e. The molecule has 1 heterocycles. The van der Waals surface area contributed by atoms with Crippen molar-refractivity contribution >= 4 is 0 Å². The summed E-state index contributed by atoms with van der Waals surface area (Å²) in [5.74, 6) is 0.967. The van der Waals surface area contributed by atoms with Gasteiger partial charge in [-0.25, -0.2) is 0 Å². The second kappa shape index (κ2) is 6.02. The van der Waals surface area contributed by atoms with Crippen LogP contribution < -0.4 is 5.73 Å². The van der Waals surface area contributed by atoms with Gasteiger partial charge >= 0.3 is 0 Å². The lowest BCUT2D eigenvalue weighted by Crippen LogP contribution is -2.48. The molecule has 2 rings (SSSR count). The van der Waals surface area contributed by atoms with Gasteiger partial charge in [0.05, 0.1) is 0 Å². The minimum Gasteiger partial charge on any atom is -0.330 e. The van der Waals surface area contributed by atoms with Crippen LogP contribution in [0.1, 0.15) is 58.3 Å². The molecule has 0 aromatic heterocycles. The van der Waals surface area contributed by atoms with Crippen LogP contribution in [-0.4, -0.2) is 30.1 Å². The van der Waals surface area contributed by atoms with Crippen LogP contribution in [0, 0.1) is 5.92 Å². The van der Waals surface area contributed by atoms with Gasteiger partial charge in [-0.05, 0) is 64.0 Å². The zero-order valence-electron chi connectivity index (χ0n) is 10.8. The van der Waals surface area contributed by atoms with E-state index < -0.39 is 0 Å². The first kappa shape index (κ1) is 12.4. The van der Waals surface area contributed by atoms with Crippen molar-refractivity contribution in [2.75, 3.05) is 13.1 Å². The van der Waals surface area contributed by atoms with Gasteiger partial charge in [0.15, 0.2) is 0 Å². The molecular weight excluding hydrogens is 196 g/mol. The third-order valence-corrected chi connectivity index (χ3v) is 4.63. The normalized spacial score (nSPS) is 37.5. The second-order valence-corrected chi connectivity index (χ2v) is 5.88. The summed E-state index contributed by atoms with van der Waals surface area (Å²) in [5.41, 5.74) is 5.75. The predicted molar refractivity (Wildman–Crippen MR) is 69.4 cm³/mol.